The number of hydrogen-bond acceptors (Lipinski definition) is 3. The second-order valence-electron chi connectivity index (χ2n) is 4.58. The monoisotopic (exact) mass is 257 g/mol. The Morgan fingerprint density at radius 2 is 1.63 bits per heavy atom. The Bertz CT molecular complexity index is 774. The molecule has 0 fully saturated rings. The minimum Gasteiger partial charge on any atom is -0.506 e. The number of benzene rings is 2. The third kappa shape index (κ3) is 1.68. The number of phenolic OH excluding ortho intramolecular Hbond substituents is 1. The number of rotatable bonds is 2. The molecule has 4 heteroatoms. The molecule has 4 nitrogen and oxygen atoms in total. The Labute approximate surface area is 110 Å². The van der Waals surface area contributed by atoms with Gasteiger partial charge in [0.05, 0.1) is 25.3 Å². The van der Waals surface area contributed by atoms with Crippen molar-refractivity contribution in [2.45, 2.75) is 6.92 Å². The van der Waals surface area contributed by atoms with E-state index in [9.17, 15) is 5.11 Å². The van der Waals surface area contributed by atoms with Gasteiger partial charge in [0.1, 0.15) is 5.75 Å². The maximum Gasteiger partial charge on any atom is 0.162 e. The summed E-state index contributed by atoms with van der Waals surface area (Å²) in [5.74, 6) is 1.60. The van der Waals surface area contributed by atoms with Crippen LogP contribution in [0.25, 0.3) is 21.8 Å². The van der Waals surface area contributed by atoms with Crippen molar-refractivity contribution in [3.8, 4) is 17.2 Å². The summed E-state index contributed by atoms with van der Waals surface area (Å²) in [4.78, 5) is 3.21. The topological polar surface area (TPSA) is 54.5 Å². The van der Waals surface area contributed by atoms with Gasteiger partial charge in [0.25, 0.3) is 0 Å². The molecule has 0 saturated heterocycles. The van der Waals surface area contributed by atoms with Crippen molar-refractivity contribution in [1.82, 2.24) is 4.98 Å². The highest BCUT2D eigenvalue weighted by molar-refractivity contribution is 6.10. The van der Waals surface area contributed by atoms with Crippen LogP contribution in [0.1, 0.15) is 5.56 Å². The zero-order valence-corrected chi connectivity index (χ0v) is 11.1. The lowest BCUT2D eigenvalue weighted by Crippen LogP contribution is -1.89. The first-order valence-electron chi connectivity index (χ1n) is 6.01. The van der Waals surface area contributed by atoms with Crippen molar-refractivity contribution in [3.05, 3.63) is 29.8 Å². The van der Waals surface area contributed by atoms with Crippen LogP contribution < -0.4 is 9.47 Å². The Morgan fingerprint density at radius 3 is 2.32 bits per heavy atom. The van der Waals surface area contributed by atoms with Gasteiger partial charge in [0.2, 0.25) is 0 Å². The fourth-order valence-corrected chi connectivity index (χ4v) is 2.45. The highest BCUT2D eigenvalue weighted by Gasteiger charge is 2.13. The molecule has 1 heterocycles. The molecule has 0 aliphatic rings. The molecule has 2 aromatic carbocycles. The van der Waals surface area contributed by atoms with Gasteiger partial charge in [-0.25, -0.2) is 0 Å². The summed E-state index contributed by atoms with van der Waals surface area (Å²) in [6.45, 7) is 1.96. The molecule has 0 radical (unpaired) electrons. The zero-order valence-electron chi connectivity index (χ0n) is 11.1. The molecule has 98 valence electrons. The number of aryl methyl sites for hydroxylation is 1. The van der Waals surface area contributed by atoms with Crippen LogP contribution in [0.15, 0.2) is 24.3 Å². The van der Waals surface area contributed by atoms with Gasteiger partial charge in [0.15, 0.2) is 11.5 Å². The molecule has 2 N–H and O–H groups in total. The van der Waals surface area contributed by atoms with Crippen LogP contribution in [-0.2, 0) is 0 Å². The van der Waals surface area contributed by atoms with E-state index in [0.717, 1.165) is 27.4 Å². The number of aromatic hydroxyl groups is 1. The average Bonchev–Trinajstić information content (AvgIpc) is 2.75. The molecule has 0 aliphatic carbocycles. The number of aromatic nitrogens is 1. The second-order valence-corrected chi connectivity index (χ2v) is 4.58. The molecule has 0 amide bonds. The maximum atomic E-state index is 10.0. The van der Waals surface area contributed by atoms with Crippen molar-refractivity contribution in [3.63, 3.8) is 0 Å². The molecular weight excluding hydrogens is 242 g/mol. The molecule has 19 heavy (non-hydrogen) atoms. The summed E-state index contributed by atoms with van der Waals surface area (Å²) in [6.07, 6.45) is 0. The van der Waals surface area contributed by atoms with E-state index in [1.54, 1.807) is 20.3 Å². The smallest absolute Gasteiger partial charge is 0.162 e. The summed E-state index contributed by atoms with van der Waals surface area (Å²) in [7, 11) is 3.22. The van der Waals surface area contributed by atoms with Crippen molar-refractivity contribution in [2.24, 2.45) is 0 Å². The number of hydrogen-bond donors (Lipinski definition) is 2. The number of methoxy groups -OCH3 is 2. The van der Waals surface area contributed by atoms with Gasteiger partial charge in [-0.1, -0.05) is 0 Å². The summed E-state index contributed by atoms with van der Waals surface area (Å²) >= 11 is 0. The summed E-state index contributed by atoms with van der Waals surface area (Å²) < 4.78 is 10.6. The summed E-state index contributed by atoms with van der Waals surface area (Å²) in [5, 5.41) is 12.0. The lowest BCUT2D eigenvalue weighted by atomic mass is 10.1. The van der Waals surface area contributed by atoms with Crippen molar-refractivity contribution < 1.29 is 14.6 Å². The van der Waals surface area contributed by atoms with E-state index in [1.807, 2.05) is 25.1 Å². The first kappa shape index (κ1) is 11.7. The predicted octanol–water partition coefficient (Wildman–Crippen LogP) is 3.35. The van der Waals surface area contributed by atoms with E-state index in [0.29, 0.717) is 11.5 Å². The Kier molecular flexibility index (Phi) is 2.52. The van der Waals surface area contributed by atoms with Gasteiger partial charge < -0.3 is 19.6 Å². The third-order valence-corrected chi connectivity index (χ3v) is 3.34. The molecule has 0 atom stereocenters. The fraction of sp³-hybridized carbons (Fsp3) is 0.200. The molecule has 3 rings (SSSR count). The average molecular weight is 257 g/mol. The number of phenols is 1. The first-order valence-corrected chi connectivity index (χ1v) is 6.01. The largest absolute Gasteiger partial charge is 0.506 e. The fourth-order valence-electron chi connectivity index (χ4n) is 2.45. The number of H-pyrrole nitrogens is 1. The SMILES string of the molecule is COc1cc2[nH]c3c(O)cc(C)cc3c2cc1OC. The quantitative estimate of drug-likeness (QED) is 0.740. The van der Waals surface area contributed by atoms with Crippen molar-refractivity contribution in [1.29, 1.82) is 0 Å². The van der Waals surface area contributed by atoms with E-state index in [2.05, 4.69) is 4.98 Å². The van der Waals surface area contributed by atoms with Crippen LogP contribution in [-0.4, -0.2) is 24.3 Å². The zero-order chi connectivity index (χ0) is 13.6. The highest BCUT2D eigenvalue weighted by atomic mass is 16.5. The van der Waals surface area contributed by atoms with Gasteiger partial charge in [-0.2, -0.15) is 0 Å². The van der Waals surface area contributed by atoms with Crippen molar-refractivity contribution in [2.75, 3.05) is 14.2 Å². The molecule has 0 unspecified atom stereocenters. The van der Waals surface area contributed by atoms with Crippen LogP contribution >= 0.6 is 0 Å². The van der Waals surface area contributed by atoms with Gasteiger partial charge in [-0.15, -0.1) is 0 Å². The Balaban J connectivity index is 2.45. The number of fused-ring (bicyclic) bond motifs is 3. The van der Waals surface area contributed by atoms with Gasteiger partial charge in [-0.3, -0.25) is 0 Å². The minimum absolute atomic E-state index is 0.254. The molecule has 0 spiro atoms. The van der Waals surface area contributed by atoms with Crippen LogP contribution in [0.2, 0.25) is 0 Å². The molecule has 0 aliphatic heterocycles. The minimum atomic E-state index is 0.254. The van der Waals surface area contributed by atoms with Gasteiger partial charge >= 0.3 is 0 Å². The van der Waals surface area contributed by atoms with Crippen molar-refractivity contribution >= 4 is 21.8 Å². The van der Waals surface area contributed by atoms with Crippen LogP contribution in [0.5, 0.6) is 17.2 Å². The molecular formula is C15H15NO3. The van der Waals surface area contributed by atoms with Crippen LogP contribution in [0.3, 0.4) is 0 Å². The van der Waals surface area contributed by atoms with E-state index < -0.39 is 0 Å². The first-order chi connectivity index (χ1) is 9.13. The van der Waals surface area contributed by atoms with Gasteiger partial charge in [0, 0.05) is 16.8 Å². The maximum absolute atomic E-state index is 10.0. The number of aromatic amines is 1. The second kappa shape index (κ2) is 4.09. The van der Waals surface area contributed by atoms with E-state index in [4.69, 9.17) is 9.47 Å². The van der Waals surface area contributed by atoms with E-state index in [1.165, 1.54) is 0 Å². The molecule has 0 saturated carbocycles. The predicted molar refractivity (Wildman–Crippen MR) is 75.3 cm³/mol. The molecule has 0 bridgehead atoms. The lowest BCUT2D eigenvalue weighted by Gasteiger charge is -2.07. The van der Waals surface area contributed by atoms with E-state index in [-0.39, 0.29) is 5.75 Å². The summed E-state index contributed by atoms with van der Waals surface area (Å²) in [6, 6.07) is 7.58. The standard InChI is InChI=1S/C15H15NO3/c1-8-4-10-9-6-13(18-2)14(19-3)7-11(9)16-15(10)12(17)5-8/h4-7,16-17H,1-3H3. The van der Waals surface area contributed by atoms with E-state index >= 15 is 0 Å². The molecule has 3 aromatic rings. The number of nitrogens with one attached hydrogen (secondary N) is 1. The van der Waals surface area contributed by atoms with Crippen LogP contribution in [0, 0.1) is 6.92 Å². The summed E-state index contributed by atoms with van der Waals surface area (Å²) in [5.41, 5.74) is 2.66. The Morgan fingerprint density at radius 1 is 0.947 bits per heavy atom. The molecule has 1 aromatic heterocycles. The van der Waals surface area contributed by atoms with Gasteiger partial charge in [-0.05, 0) is 30.7 Å². The normalized spacial score (nSPS) is 11.1. The number of ether oxygens (including phenoxy) is 2. The lowest BCUT2D eigenvalue weighted by molar-refractivity contribution is 0.356. The van der Waals surface area contributed by atoms with Crippen LogP contribution in [0.4, 0.5) is 0 Å². The Hall–Kier alpha value is -2.36. The highest BCUT2D eigenvalue weighted by Crippen LogP contribution is 2.38. The third-order valence-electron chi connectivity index (χ3n) is 3.34.